The van der Waals surface area contributed by atoms with Crippen LogP contribution >= 0.6 is 0 Å². The van der Waals surface area contributed by atoms with Gasteiger partial charge in [-0.1, -0.05) is 93.1 Å². The molecular weight excluding hydrogens is 276 g/mol. The summed E-state index contributed by atoms with van der Waals surface area (Å²) in [5.41, 5.74) is 7.94. The first-order valence-electron chi connectivity index (χ1n) is 8.21. The van der Waals surface area contributed by atoms with Gasteiger partial charge in [0.15, 0.2) is 0 Å². The molecule has 0 spiro atoms. The number of benzene rings is 3. The van der Waals surface area contributed by atoms with Gasteiger partial charge in [0.1, 0.15) is 0 Å². The maximum Gasteiger partial charge on any atom is -0.0132 e. The molecule has 0 nitrogen and oxygen atoms in total. The Bertz CT molecular complexity index is 819. The lowest BCUT2D eigenvalue weighted by atomic mass is 9.85. The fraction of sp³-hybridized carbons (Fsp3) is 0.217. The van der Waals surface area contributed by atoms with Crippen LogP contribution in [-0.4, -0.2) is 0 Å². The summed E-state index contributed by atoms with van der Waals surface area (Å²) in [5.74, 6) is 0. The van der Waals surface area contributed by atoms with Gasteiger partial charge >= 0.3 is 0 Å². The van der Waals surface area contributed by atoms with Crippen molar-refractivity contribution in [3.05, 3.63) is 83.9 Å². The summed E-state index contributed by atoms with van der Waals surface area (Å²) in [5, 5.41) is 0. The zero-order valence-corrected chi connectivity index (χ0v) is 14.4. The predicted molar refractivity (Wildman–Crippen MR) is 101 cm³/mol. The van der Waals surface area contributed by atoms with E-state index in [1.165, 1.54) is 33.4 Å². The largest absolute Gasteiger partial charge is 0.0614 e. The lowest BCUT2D eigenvalue weighted by molar-refractivity contribution is 0.590. The molecule has 0 fully saturated rings. The van der Waals surface area contributed by atoms with E-state index in [9.17, 15) is 0 Å². The molecule has 0 amide bonds. The van der Waals surface area contributed by atoms with E-state index in [0.717, 1.165) is 0 Å². The van der Waals surface area contributed by atoms with E-state index in [1.54, 1.807) is 0 Å². The summed E-state index contributed by atoms with van der Waals surface area (Å²) in [7, 11) is 0. The Hall–Kier alpha value is -2.34. The summed E-state index contributed by atoms with van der Waals surface area (Å²) in [6.45, 7) is 8.92. The summed E-state index contributed by atoms with van der Waals surface area (Å²) in [6, 6.07) is 26.4. The second-order valence-electron chi connectivity index (χ2n) is 7.28. The third-order valence-electron chi connectivity index (χ3n) is 4.28. The molecule has 0 N–H and O–H groups in total. The van der Waals surface area contributed by atoms with Crippen molar-refractivity contribution in [2.45, 2.75) is 33.1 Å². The van der Waals surface area contributed by atoms with E-state index >= 15 is 0 Å². The zero-order chi connectivity index (χ0) is 16.4. The summed E-state index contributed by atoms with van der Waals surface area (Å²) >= 11 is 0. The molecule has 0 atom stereocenters. The Morgan fingerprint density at radius 2 is 1.04 bits per heavy atom. The molecule has 0 radical (unpaired) electrons. The first-order chi connectivity index (χ1) is 10.9. The Morgan fingerprint density at radius 1 is 0.565 bits per heavy atom. The maximum atomic E-state index is 2.31. The lowest BCUT2D eigenvalue weighted by Crippen LogP contribution is -2.10. The molecular formula is C23H24. The van der Waals surface area contributed by atoms with Crippen LogP contribution in [0, 0.1) is 6.92 Å². The first-order valence-corrected chi connectivity index (χ1v) is 8.21. The lowest BCUT2D eigenvalue weighted by Gasteiger charge is -2.20. The molecule has 0 aliphatic heterocycles. The van der Waals surface area contributed by atoms with Crippen molar-refractivity contribution in [1.29, 1.82) is 0 Å². The molecule has 3 rings (SSSR count). The molecule has 0 unspecified atom stereocenters. The quantitative estimate of drug-likeness (QED) is 0.498. The summed E-state index contributed by atoms with van der Waals surface area (Å²) in [4.78, 5) is 0. The highest BCUT2D eigenvalue weighted by Gasteiger charge is 2.14. The van der Waals surface area contributed by atoms with Gasteiger partial charge in [-0.3, -0.25) is 0 Å². The fourth-order valence-corrected chi connectivity index (χ4v) is 2.87. The monoisotopic (exact) mass is 300 g/mol. The van der Waals surface area contributed by atoms with Crippen LogP contribution in [0.25, 0.3) is 22.3 Å². The molecule has 3 aromatic carbocycles. The van der Waals surface area contributed by atoms with Crippen molar-refractivity contribution in [3.8, 4) is 22.3 Å². The van der Waals surface area contributed by atoms with Gasteiger partial charge in [-0.2, -0.15) is 0 Å². The molecule has 0 saturated carbocycles. The van der Waals surface area contributed by atoms with Gasteiger partial charge in [-0.25, -0.2) is 0 Å². The van der Waals surface area contributed by atoms with Crippen LogP contribution in [0.5, 0.6) is 0 Å². The molecule has 0 heterocycles. The van der Waals surface area contributed by atoms with Crippen molar-refractivity contribution in [2.24, 2.45) is 0 Å². The van der Waals surface area contributed by atoms with Gasteiger partial charge in [0.2, 0.25) is 0 Å². The second-order valence-corrected chi connectivity index (χ2v) is 7.28. The minimum atomic E-state index is 0.171. The number of aryl methyl sites for hydroxylation is 1. The highest BCUT2D eigenvalue weighted by molar-refractivity contribution is 5.73. The standard InChI is InChI=1S/C23H24/c1-17-8-5-9-18(14-17)19-10-6-11-20(15-19)21-12-7-13-22(16-21)23(2,3)4/h5-16H,1-4H3. The van der Waals surface area contributed by atoms with Gasteiger partial charge in [-0.05, 0) is 46.2 Å². The number of hydrogen-bond acceptors (Lipinski definition) is 0. The topological polar surface area (TPSA) is 0 Å². The van der Waals surface area contributed by atoms with Crippen molar-refractivity contribution in [2.75, 3.05) is 0 Å². The van der Waals surface area contributed by atoms with Gasteiger partial charge in [0.05, 0.1) is 0 Å². The third kappa shape index (κ3) is 3.53. The molecule has 0 saturated heterocycles. The Kier molecular flexibility index (Phi) is 4.09. The van der Waals surface area contributed by atoms with Crippen LogP contribution in [0.2, 0.25) is 0 Å². The van der Waals surface area contributed by atoms with E-state index in [-0.39, 0.29) is 5.41 Å². The van der Waals surface area contributed by atoms with Gasteiger partial charge in [0, 0.05) is 0 Å². The molecule has 0 aliphatic rings. The minimum Gasteiger partial charge on any atom is -0.0614 e. The van der Waals surface area contributed by atoms with E-state index < -0.39 is 0 Å². The second kappa shape index (κ2) is 6.04. The Morgan fingerprint density at radius 3 is 1.61 bits per heavy atom. The van der Waals surface area contributed by atoms with Crippen molar-refractivity contribution < 1.29 is 0 Å². The van der Waals surface area contributed by atoms with Crippen molar-refractivity contribution in [3.63, 3.8) is 0 Å². The molecule has 23 heavy (non-hydrogen) atoms. The number of hydrogen-bond donors (Lipinski definition) is 0. The minimum absolute atomic E-state index is 0.171. The van der Waals surface area contributed by atoms with Crippen LogP contribution in [-0.2, 0) is 5.41 Å². The smallest absolute Gasteiger partial charge is 0.0132 e. The first kappa shape index (κ1) is 15.6. The summed E-state index contributed by atoms with van der Waals surface area (Å²) in [6.07, 6.45) is 0. The SMILES string of the molecule is Cc1cccc(-c2cccc(-c3cccc(C(C)(C)C)c3)c2)c1. The van der Waals surface area contributed by atoms with E-state index in [1.807, 2.05) is 0 Å². The maximum absolute atomic E-state index is 2.31. The van der Waals surface area contributed by atoms with Gasteiger partial charge in [-0.15, -0.1) is 0 Å². The van der Waals surface area contributed by atoms with Crippen LogP contribution < -0.4 is 0 Å². The van der Waals surface area contributed by atoms with Crippen LogP contribution in [0.15, 0.2) is 72.8 Å². The highest BCUT2D eigenvalue weighted by Crippen LogP contribution is 2.30. The normalized spacial score (nSPS) is 11.5. The zero-order valence-electron chi connectivity index (χ0n) is 14.4. The highest BCUT2D eigenvalue weighted by atomic mass is 14.2. The van der Waals surface area contributed by atoms with Crippen LogP contribution in [0.1, 0.15) is 31.9 Å². The number of rotatable bonds is 2. The van der Waals surface area contributed by atoms with E-state index in [0.29, 0.717) is 0 Å². The molecule has 0 bridgehead atoms. The van der Waals surface area contributed by atoms with E-state index in [2.05, 4.69) is 100 Å². The molecule has 3 aromatic rings. The fourth-order valence-electron chi connectivity index (χ4n) is 2.87. The van der Waals surface area contributed by atoms with E-state index in [4.69, 9.17) is 0 Å². The van der Waals surface area contributed by atoms with Crippen molar-refractivity contribution >= 4 is 0 Å². The summed E-state index contributed by atoms with van der Waals surface area (Å²) < 4.78 is 0. The molecule has 0 aliphatic carbocycles. The molecule has 0 heteroatoms. The predicted octanol–water partition coefficient (Wildman–Crippen LogP) is 6.63. The van der Waals surface area contributed by atoms with Gasteiger partial charge < -0.3 is 0 Å². The Balaban J connectivity index is 2.04. The molecule has 0 aromatic heterocycles. The van der Waals surface area contributed by atoms with Crippen molar-refractivity contribution in [1.82, 2.24) is 0 Å². The Labute approximate surface area is 139 Å². The van der Waals surface area contributed by atoms with Crippen LogP contribution in [0.3, 0.4) is 0 Å². The third-order valence-corrected chi connectivity index (χ3v) is 4.28. The van der Waals surface area contributed by atoms with Gasteiger partial charge in [0.25, 0.3) is 0 Å². The average Bonchev–Trinajstić information content (AvgIpc) is 2.54. The molecule has 116 valence electrons. The van der Waals surface area contributed by atoms with Crippen LogP contribution in [0.4, 0.5) is 0 Å². The average molecular weight is 300 g/mol.